The lowest BCUT2D eigenvalue weighted by Gasteiger charge is -2.35. The molecular formula is C27H38N4O5S. The number of ether oxygens (including phenoxy) is 1. The number of β-amino-alcohol motifs (C(OH)–C–C–N with tert-alkyl or cyclic N) is 1. The summed E-state index contributed by atoms with van der Waals surface area (Å²) in [6, 6.07) is 6.10. The molecule has 2 aromatic rings. The predicted octanol–water partition coefficient (Wildman–Crippen LogP) is 3.64. The first-order valence-corrected chi connectivity index (χ1v) is 13.3. The molecule has 1 aromatic carbocycles. The Hall–Kier alpha value is -2.98. The molecule has 0 radical (unpaired) electrons. The van der Waals surface area contributed by atoms with E-state index in [0.29, 0.717) is 0 Å². The van der Waals surface area contributed by atoms with Gasteiger partial charge >= 0.3 is 6.09 Å². The van der Waals surface area contributed by atoms with Crippen molar-refractivity contribution in [2.24, 2.45) is 5.41 Å². The lowest BCUT2D eigenvalue weighted by Crippen LogP contribution is -2.58. The van der Waals surface area contributed by atoms with Crippen LogP contribution in [-0.4, -0.2) is 63.2 Å². The number of aliphatic hydroxyl groups excluding tert-OH is 1. The van der Waals surface area contributed by atoms with Gasteiger partial charge in [0.05, 0.1) is 22.2 Å². The molecule has 1 aliphatic rings. The maximum absolute atomic E-state index is 13.6. The van der Waals surface area contributed by atoms with Crippen LogP contribution in [0, 0.1) is 12.3 Å². The van der Waals surface area contributed by atoms with E-state index in [1.165, 1.54) is 4.90 Å². The van der Waals surface area contributed by atoms with Crippen molar-refractivity contribution in [3.63, 3.8) is 0 Å². The Morgan fingerprint density at radius 3 is 2.35 bits per heavy atom. The van der Waals surface area contributed by atoms with Crippen molar-refractivity contribution in [2.75, 3.05) is 6.54 Å². The number of likely N-dealkylation sites (tertiary alicyclic amines) is 1. The average molecular weight is 531 g/mol. The molecule has 3 atom stereocenters. The van der Waals surface area contributed by atoms with Crippen LogP contribution in [0.5, 0.6) is 0 Å². The van der Waals surface area contributed by atoms with E-state index in [2.05, 4.69) is 15.6 Å². The maximum Gasteiger partial charge on any atom is 0.408 e. The van der Waals surface area contributed by atoms with Crippen LogP contribution in [0.4, 0.5) is 4.79 Å². The molecule has 10 heteroatoms. The molecule has 37 heavy (non-hydrogen) atoms. The van der Waals surface area contributed by atoms with Gasteiger partial charge in [-0.2, -0.15) is 0 Å². The van der Waals surface area contributed by atoms with Crippen molar-refractivity contribution in [1.82, 2.24) is 20.5 Å². The highest BCUT2D eigenvalue weighted by molar-refractivity contribution is 7.13. The molecule has 1 saturated heterocycles. The van der Waals surface area contributed by atoms with Crippen molar-refractivity contribution < 1.29 is 24.2 Å². The summed E-state index contributed by atoms with van der Waals surface area (Å²) >= 11 is 1.58. The third-order valence-corrected chi connectivity index (χ3v) is 7.04. The predicted molar refractivity (Wildman–Crippen MR) is 143 cm³/mol. The number of carbonyl (C=O) groups is 3. The van der Waals surface area contributed by atoms with Crippen molar-refractivity contribution in [2.45, 2.75) is 85.2 Å². The molecular weight excluding hydrogens is 492 g/mol. The van der Waals surface area contributed by atoms with Crippen LogP contribution in [0.2, 0.25) is 0 Å². The summed E-state index contributed by atoms with van der Waals surface area (Å²) in [5, 5.41) is 15.9. The second-order valence-corrected chi connectivity index (χ2v) is 12.4. The van der Waals surface area contributed by atoms with Crippen LogP contribution in [0.3, 0.4) is 0 Å². The molecule has 3 N–H and O–H groups in total. The Bertz CT molecular complexity index is 1120. The fraction of sp³-hybridized carbons (Fsp3) is 0.556. The zero-order chi connectivity index (χ0) is 27.5. The largest absolute Gasteiger partial charge is 0.444 e. The summed E-state index contributed by atoms with van der Waals surface area (Å²) in [4.78, 5) is 45.9. The van der Waals surface area contributed by atoms with Gasteiger partial charge in [0.1, 0.15) is 17.7 Å². The van der Waals surface area contributed by atoms with Crippen LogP contribution < -0.4 is 10.6 Å². The molecule has 0 unspecified atom stereocenters. The van der Waals surface area contributed by atoms with Gasteiger partial charge < -0.3 is 25.4 Å². The molecule has 3 amide bonds. The van der Waals surface area contributed by atoms with Crippen LogP contribution in [-0.2, 0) is 20.9 Å². The Kier molecular flexibility index (Phi) is 8.64. The standard InChI is InChI=1S/C27H38N4O5S/c1-16-21(37-15-29-16)18-10-8-17(9-11-18)13-28-23(33)20-12-19(32)14-31(20)24(34)22(26(2,3)4)30-25(35)36-27(5,6)7/h8-11,15,19-20,22,32H,12-14H2,1-7H3,(H,28,33)(H,30,35)/t19-,20+,22-/m0/s1. The number of aliphatic hydroxyl groups is 1. The number of hydrogen-bond donors (Lipinski definition) is 3. The molecule has 202 valence electrons. The number of nitrogens with zero attached hydrogens (tertiary/aromatic N) is 2. The van der Waals surface area contributed by atoms with Gasteiger partial charge in [0.15, 0.2) is 0 Å². The van der Waals surface area contributed by atoms with Crippen LogP contribution in [0.15, 0.2) is 29.8 Å². The van der Waals surface area contributed by atoms with E-state index in [0.717, 1.165) is 21.7 Å². The smallest absolute Gasteiger partial charge is 0.408 e. The first-order chi connectivity index (χ1) is 17.2. The zero-order valence-corrected chi connectivity index (χ0v) is 23.4. The van der Waals surface area contributed by atoms with Gasteiger partial charge in [-0.15, -0.1) is 11.3 Å². The summed E-state index contributed by atoms with van der Waals surface area (Å²) in [6.45, 7) is 13.0. The SMILES string of the molecule is Cc1ncsc1-c1ccc(CNC(=O)[C@H]2C[C@H](O)CN2C(=O)[C@H](NC(=O)OC(C)(C)C)C(C)(C)C)cc1. The molecule has 1 aromatic heterocycles. The monoisotopic (exact) mass is 530 g/mol. The van der Waals surface area contributed by atoms with E-state index >= 15 is 0 Å². The fourth-order valence-corrected chi connectivity index (χ4v) is 5.02. The number of thiazole rings is 1. The number of nitrogens with one attached hydrogen (secondary N) is 2. The Morgan fingerprint density at radius 1 is 1.16 bits per heavy atom. The van der Waals surface area contributed by atoms with E-state index < -0.39 is 41.2 Å². The Morgan fingerprint density at radius 2 is 1.81 bits per heavy atom. The van der Waals surface area contributed by atoms with Gasteiger partial charge in [-0.3, -0.25) is 9.59 Å². The van der Waals surface area contributed by atoms with E-state index in [1.54, 1.807) is 32.1 Å². The van der Waals surface area contributed by atoms with Crippen molar-refractivity contribution in [3.8, 4) is 10.4 Å². The number of alkyl carbamates (subject to hydrolysis) is 1. The molecule has 3 rings (SSSR count). The van der Waals surface area contributed by atoms with Gasteiger partial charge in [0, 0.05) is 19.5 Å². The number of amides is 3. The summed E-state index contributed by atoms with van der Waals surface area (Å²) in [6.07, 6.45) is -1.41. The Balaban J connectivity index is 1.68. The summed E-state index contributed by atoms with van der Waals surface area (Å²) < 4.78 is 5.35. The van der Waals surface area contributed by atoms with Gasteiger partial charge in [0.25, 0.3) is 0 Å². The van der Waals surface area contributed by atoms with Gasteiger partial charge in [-0.25, -0.2) is 9.78 Å². The fourth-order valence-electron chi connectivity index (χ4n) is 4.21. The second-order valence-electron chi connectivity index (χ2n) is 11.5. The quantitative estimate of drug-likeness (QED) is 0.525. The lowest BCUT2D eigenvalue weighted by atomic mass is 9.85. The molecule has 0 bridgehead atoms. The van der Waals surface area contributed by atoms with Crippen LogP contribution >= 0.6 is 11.3 Å². The molecule has 9 nitrogen and oxygen atoms in total. The van der Waals surface area contributed by atoms with Crippen molar-refractivity contribution in [3.05, 3.63) is 41.0 Å². The van der Waals surface area contributed by atoms with Gasteiger partial charge in [0.2, 0.25) is 11.8 Å². The lowest BCUT2D eigenvalue weighted by molar-refractivity contribution is -0.142. The van der Waals surface area contributed by atoms with Crippen LogP contribution in [0.1, 0.15) is 59.2 Å². The normalized spacial score (nSPS) is 18.9. The van der Waals surface area contributed by atoms with E-state index in [-0.39, 0.29) is 25.4 Å². The van der Waals surface area contributed by atoms with Crippen molar-refractivity contribution >= 4 is 29.2 Å². The number of rotatable bonds is 6. The first-order valence-electron chi connectivity index (χ1n) is 12.4. The summed E-state index contributed by atoms with van der Waals surface area (Å²) in [7, 11) is 0. The minimum absolute atomic E-state index is 0.0163. The molecule has 1 aliphatic heterocycles. The van der Waals surface area contributed by atoms with Crippen LogP contribution in [0.25, 0.3) is 10.4 Å². The van der Waals surface area contributed by atoms with E-state index in [9.17, 15) is 19.5 Å². The minimum Gasteiger partial charge on any atom is -0.444 e. The number of benzene rings is 1. The summed E-state index contributed by atoms with van der Waals surface area (Å²) in [5.41, 5.74) is 3.40. The number of carbonyl (C=O) groups excluding carboxylic acids is 3. The molecule has 0 aliphatic carbocycles. The molecule has 1 fully saturated rings. The highest BCUT2D eigenvalue weighted by Gasteiger charge is 2.44. The third kappa shape index (κ3) is 7.52. The molecule has 0 saturated carbocycles. The highest BCUT2D eigenvalue weighted by Crippen LogP contribution is 2.28. The van der Waals surface area contributed by atoms with Gasteiger partial charge in [-0.1, -0.05) is 45.0 Å². The topological polar surface area (TPSA) is 121 Å². The zero-order valence-electron chi connectivity index (χ0n) is 22.6. The molecule has 0 spiro atoms. The number of aromatic nitrogens is 1. The number of aryl methyl sites for hydroxylation is 1. The van der Waals surface area contributed by atoms with E-state index in [1.807, 2.05) is 57.5 Å². The maximum atomic E-state index is 13.6. The number of hydrogen-bond acceptors (Lipinski definition) is 7. The molecule has 2 heterocycles. The Labute approximate surface area is 222 Å². The van der Waals surface area contributed by atoms with Gasteiger partial charge in [-0.05, 0) is 44.2 Å². The van der Waals surface area contributed by atoms with Crippen molar-refractivity contribution in [1.29, 1.82) is 0 Å². The minimum atomic E-state index is -0.939. The summed E-state index contributed by atoms with van der Waals surface area (Å²) in [5.74, 6) is -0.781. The first kappa shape index (κ1) is 28.6. The van der Waals surface area contributed by atoms with E-state index in [4.69, 9.17) is 4.74 Å². The second kappa shape index (κ2) is 11.2. The average Bonchev–Trinajstić information content (AvgIpc) is 3.39. The third-order valence-electron chi connectivity index (χ3n) is 6.07. The highest BCUT2D eigenvalue weighted by atomic mass is 32.1.